The summed E-state index contributed by atoms with van der Waals surface area (Å²) in [5, 5.41) is 13.7. The average Bonchev–Trinajstić information content (AvgIpc) is 3.14. The minimum atomic E-state index is -0.884. The number of carbonyl (C=O) groups is 1. The fraction of sp³-hybridized carbons (Fsp3) is 0.130. The van der Waals surface area contributed by atoms with Gasteiger partial charge in [-0.05, 0) is 29.3 Å². The molecule has 140 valence electrons. The van der Waals surface area contributed by atoms with E-state index in [1.54, 1.807) is 5.38 Å². The minimum absolute atomic E-state index is 0.0825. The second-order valence-electron chi connectivity index (χ2n) is 6.65. The lowest BCUT2D eigenvalue weighted by Crippen LogP contribution is -2.00. The lowest BCUT2D eigenvalue weighted by molar-refractivity contribution is -0.136. The average molecular weight is 389 g/mol. The van der Waals surface area contributed by atoms with Crippen LogP contribution in [0.25, 0.3) is 21.3 Å². The molecule has 0 unspecified atom stereocenters. The molecule has 0 radical (unpaired) electrons. The van der Waals surface area contributed by atoms with Gasteiger partial charge >= 0.3 is 5.97 Å². The van der Waals surface area contributed by atoms with Gasteiger partial charge in [0.1, 0.15) is 17.4 Å². The highest BCUT2D eigenvalue weighted by Gasteiger charge is 2.16. The molecule has 0 bridgehead atoms. The summed E-state index contributed by atoms with van der Waals surface area (Å²) < 4.78 is 6.17. The summed E-state index contributed by atoms with van der Waals surface area (Å²) in [7, 11) is 0. The van der Waals surface area contributed by atoms with Crippen molar-refractivity contribution in [3.8, 4) is 16.3 Å². The summed E-state index contributed by atoms with van der Waals surface area (Å²) >= 11 is 1.44. The fourth-order valence-corrected chi connectivity index (χ4v) is 3.98. The molecule has 3 aromatic carbocycles. The highest BCUT2D eigenvalue weighted by Crippen LogP contribution is 2.39. The summed E-state index contributed by atoms with van der Waals surface area (Å²) in [4.78, 5) is 15.6. The first-order valence-corrected chi connectivity index (χ1v) is 9.85. The summed E-state index contributed by atoms with van der Waals surface area (Å²) in [6.45, 7) is 2.52. The molecule has 4 rings (SSSR count). The van der Waals surface area contributed by atoms with Gasteiger partial charge in [-0.3, -0.25) is 4.79 Å². The maximum atomic E-state index is 11.0. The molecule has 0 aliphatic heterocycles. The van der Waals surface area contributed by atoms with Crippen molar-refractivity contribution < 1.29 is 14.6 Å². The number of aryl methyl sites for hydroxylation is 1. The normalized spacial score (nSPS) is 10.9. The number of carboxylic acids is 1. The third-order valence-corrected chi connectivity index (χ3v) is 5.41. The first-order chi connectivity index (χ1) is 13.6. The lowest BCUT2D eigenvalue weighted by atomic mass is 10.0. The summed E-state index contributed by atoms with van der Waals surface area (Å²) in [5.41, 5.74) is 3.77. The van der Waals surface area contributed by atoms with Crippen LogP contribution in [0.3, 0.4) is 0 Å². The number of ether oxygens (including phenoxy) is 1. The van der Waals surface area contributed by atoms with E-state index in [2.05, 4.69) is 36.2 Å². The Bertz CT molecular complexity index is 1130. The van der Waals surface area contributed by atoms with E-state index in [1.807, 2.05) is 36.4 Å². The predicted molar refractivity (Wildman–Crippen MR) is 112 cm³/mol. The maximum Gasteiger partial charge on any atom is 0.309 e. The number of hydrogen-bond acceptors (Lipinski definition) is 4. The van der Waals surface area contributed by atoms with Crippen molar-refractivity contribution in [2.24, 2.45) is 0 Å². The molecule has 4 nitrogen and oxygen atoms in total. The van der Waals surface area contributed by atoms with Crippen molar-refractivity contribution in [3.63, 3.8) is 0 Å². The van der Waals surface area contributed by atoms with Crippen LogP contribution in [-0.2, 0) is 17.8 Å². The van der Waals surface area contributed by atoms with Crippen molar-refractivity contribution >= 4 is 28.1 Å². The molecule has 0 amide bonds. The molecule has 28 heavy (non-hydrogen) atoms. The highest BCUT2D eigenvalue weighted by atomic mass is 32.1. The molecule has 4 aromatic rings. The van der Waals surface area contributed by atoms with Crippen molar-refractivity contribution in [1.82, 2.24) is 4.98 Å². The number of hydrogen-bond donors (Lipinski definition) is 1. The number of aromatic nitrogens is 1. The van der Waals surface area contributed by atoms with Crippen molar-refractivity contribution in [3.05, 3.63) is 82.9 Å². The van der Waals surface area contributed by atoms with Crippen molar-refractivity contribution in [2.75, 3.05) is 0 Å². The molecule has 5 heteroatoms. The number of thiazole rings is 1. The molecule has 1 heterocycles. The zero-order valence-corrected chi connectivity index (χ0v) is 16.2. The Hall–Kier alpha value is -3.18. The Balaban J connectivity index is 1.73. The SMILES string of the molecule is Cc1ccc(COc2ccc3ccccc3c2-c2nc(CC(=O)O)cs2)cc1. The molecule has 0 fully saturated rings. The van der Waals surface area contributed by atoms with Crippen LogP contribution in [-0.4, -0.2) is 16.1 Å². The molecule has 1 N–H and O–H groups in total. The second-order valence-corrected chi connectivity index (χ2v) is 7.51. The van der Waals surface area contributed by atoms with Crippen molar-refractivity contribution in [1.29, 1.82) is 0 Å². The van der Waals surface area contributed by atoms with Gasteiger partial charge in [0.15, 0.2) is 0 Å². The topological polar surface area (TPSA) is 59.4 Å². The van der Waals surface area contributed by atoms with Crippen LogP contribution < -0.4 is 4.74 Å². The van der Waals surface area contributed by atoms with Crippen molar-refractivity contribution in [2.45, 2.75) is 20.0 Å². The zero-order valence-electron chi connectivity index (χ0n) is 15.4. The minimum Gasteiger partial charge on any atom is -0.488 e. The summed E-state index contributed by atoms with van der Waals surface area (Å²) in [5.74, 6) is -0.138. The Labute approximate surface area is 167 Å². The molecule has 0 saturated heterocycles. The predicted octanol–water partition coefficient (Wildman–Crippen LogP) is 5.48. The van der Waals surface area contributed by atoms with Gasteiger partial charge in [0.2, 0.25) is 0 Å². The van der Waals surface area contributed by atoms with Crippen LogP contribution in [0.1, 0.15) is 16.8 Å². The molecular weight excluding hydrogens is 370 g/mol. The summed E-state index contributed by atoms with van der Waals surface area (Å²) in [6.07, 6.45) is -0.0825. The summed E-state index contributed by atoms with van der Waals surface area (Å²) in [6, 6.07) is 20.3. The quantitative estimate of drug-likeness (QED) is 0.474. The smallest absolute Gasteiger partial charge is 0.309 e. The molecule has 1 aromatic heterocycles. The van der Waals surface area contributed by atoms with Crippen LogP contribution in [0.5, 0.6) is 5.75 Å². The standard InChI is InChI=1S/C23H19NO3S/c1-15-6-8-16(9-7-15)13-27-20-11-10-17-4-2-3-5-19(17)22(20)23-24-18(14-28-23)12-21(25)26/h2-11,14H,12-13H2,1H3,(H,25,26). The Morgan fingerprint density at radius 1 is 1.07 bits per heavy atom. The number of nitrogens with zero attached hydrogens (tertiary/aromatic N) is 1. The van der Waals surface area contributed by atoms with Crippen LogP contribution >= 0.6 is 11.3 Å². The molecule has 0 saturated carbocycles. The molecule has 0 aliphatic carbocycles. The number of fused-ring (bicyclic) bond motifs is 1. The van der Waals surface area contributed by atoms with E-state index in [1.165, 1.54) is 16.9 Å². The van der Waals surface area contributed by atoms with Gasteiger partial charge in [0, 0.05) is 5.38 Å². The van der Waals surface area contributed by atoms with E-state index in [0.29, 0.717) is 12.3 Å². The van der Waals surface area contributed by atoms with Crippen LogP contribution in [0.2, 0.25) is 0 Å². The van der Waals surface area contributed by atoms with Gasteiger partial charge in [-0.1, -0.05) is 60.2 Å². The van der Waals surface area contributed by atoms with Gasteiger partial charge < -0.3 is 9.84 Å². The first-order valence-electron chi connectivity index (χ1n) is 8.97. The van der Waals surface area contributed by atoms with E-state index in [4.69, 9.17) is 9.84 Å². The molecular formula is C23H19NO3S. The van der Waals surface area contributed by atoms with Gasteiger partial charge in [0.05, 0.1) is 17.7 Å². The van der Waals surface area contributed by atoms with Gasteiger partial charge in [-0.25, -0.2) is 4.98 Å². The second kappa shape index (κ2) is 7.82. The number of benzene rings is 3. The van der Waals surface area contributed by atoms with E-state index in [0.717, 1.165) is 32.7 Å². The Kier molecular flexibility index (Phi) is 5.08. The lowest BCUT2D eigenvalue weighted by Gasteiger charge is -2.13. The van der Waals surface area contributed by atoms with Crippen LogP contribution in [0.15, 0.2) is 66.0 Å². The fourth-order valence-electron chi connectivity index (χ4n) is 3.10. The van der Waals surface area contributed by atoms with E-state index < -0.39 is 5.97 Å². The first kappa shape index (κ1) is 18.2. The van der Waals surface area contributed by atoms with E-state index in [-0.39, 0.29) is 6.42 Å². The molecule has 0 aliphatic rings. The zero-order chi connectivity index (χ0) is 19.5. The van der Waals surface area contributed by atoms with Crippen LogP contribution in [0, 0.1) is 6.92 Å². The largest absolute Gasteiger partial charge is 0.488 e. The van der Waals surface area contributed by atoms with E-state index >= 15 is 0 Å². The van der Waals surface area contributed by atoms with Gasteiger partial charge in [-0.2, -0.15) is 0 Å². The third kappa shape index (κ3) is 3.89. The molecule has 0 spiro atoms. The number of aliphatic carboxylic acids is 1. The maximum absolute atomic E-state index is 11.0. The molecule has 0 atom stereocenters. The number of rotatable bonds is 6. The Morgan fingerprint density at radius 3 is 2.64 bits per heavy atom. The van der Waals surface area contributed by atoms with E-state index in [9.17, 15) is 4.79 Å². The van der Waals surface area contributed by atoms with Gasteiger partial charge in [0.25, 0.3) is 0 Å². The van der Waals surface area contributed by atoms with Gasteiger partial charge in [-0.15, -0.1) is 11.3 Å². The third-order valence-electron chi connectivity index (χ3n) is 4.50. The monoisotopic (exact) mass is 389 g/mol. The highest BCUT2D eigenvalue weighted by molar-refractivity contribution is 7.13. The van der Waals surface area contributed by atoms with Crippen LogP contribution in [0.4, 0.5) is 0 Å². The number of carboxylic acid groups (broad SMARTS) is 1. The Morgan fingerprint density at radius 2 is 1.86 bits per heavy atom.